The molecule has 21 heavy (non-hydrogen) atoms. The molecular formula is C12H16BrNO6S. The fraction of sp³-hybridized carbons (Fsp3) is 0.417. The lowest BCUT2D eigenvalue weighted by atomic mass is 10.3. The van der Waals surface area contributed by atoms with E-state index in [0.717, 1.165) is 0 Å². The van der Waals surface area contributed by atoms with Crippen LogP contribution in [0.2, 0.25) is 0 Å². The zero-order valence-electron chi connectivity index (χ0n) is 11.8. The van der Waals surface area contributed by atoms with E-state index < -0.39 is 16.0 Å². The molecule has 0 fully saturated rings. The average molecular weight is 382 g/mol. The number of benzene rings is 1. The number of nitrogens with one attached hydrogen (secondary N) is 1. The van der Waals surface area contributed by atoms with Gasteiger partial charge in [0.25, 0.3) is 0 Å². The molecule has 0 bridgehead atoms. The topological polar surface area (TPSA) is 90.9 Å². The first-order valence-corrected chi connectivity index (χ1v) is 8.11. The summed E-state index contributed by atoms with van der Waals surface area (Å²) < 4.78 is 41.6. The van der Waals surface area contributed by atoms with E-state index in [1.165, 1.54) is 33.5 Å². The molecule has 0 unspecified atom stereocenters. The van der Waals surface area contributed by atoms with Gasteiger partial charge >= 0.3 is 5.97 Å². The number of rotatable bonds is 7. The van der Waals surface area contributed by atoms with Gasteiger partial charge in [-0.25, -0.2) is 13.1 Å². The minimum Gasteiger partial charge on any atom is -0.493 e. The maximum atomic E-state index is 12.2. The normalized spacial score (nSPS) is 11.0. The SMILES string of the molecule is COC(=O)CCNS(=O)(=O)c1cc(OC)c(OC)cc1Br. The molecule has 1 aromatic rings. The van der Waals surface area contributed by atoms with Crippen LogP contribution in [0.3, 0.4) is 0 Å². The lowest BCUT2D eigenvalue weighted by Crippen LogP contribution is -2.27. The van der Waals surface area contributed by atoms with Gasteiger partial charge in [-0.05, 0) is 22.0 Å². The van der Waals surface area contributed by atoms with E-state index in [1.807, 2.05) is 0 Å². The van der Waals surface area contributed by atoms with Crippen LogP contribution in [0.4, 0.5) is 0 Å². The first kappa shape index (κ1) is 17.7. The molecule has 118 valence electrons. The Morgan fingerprint density at radius 2 is 1.76 bits per heavy atom. The summed E-state index contributed by atoms with van der Waals surface area (Å²) in [7, 11) is 0.306. The van der Waals surface area contributed by atoms with Gasteiger partial charge in [0.1, 0.15) is 4.90 Å². The fourth-order valence-electron chi connectivity index (χ4n) is 1.51. The molecule has 0 saturated heterocycles. The number of carbonyl (C=O) groups is 1. The van der Waals surface area contributed by atoms with Crippen LogP contribution in [0.5, 0.6) is 11.5 Å². The monoisotopic (exact) mass is 381 g/mol. The van der Waals surface area contributed by atoms with Crippen LogP contribution in [0.25, 0.3) is 0 Å². The van der Waals surface area contributed by atoms with E-state index in [0.29, 0.717) is 10.2 Å². The lowest BCUT2D eigenvalue weighted by Gasteiger charge is -2.12. The van der Waals surface area contributed by atoms with Crippen LogP contribution in [0, 0.1) is 0 Å². The van der Waals surface area contributed by atoms with Crippen molar-refractivity contribution in [1.29, 1.82) is 0 Å². The van der Waals surface area contributed by atoms with E-state index in [9.17, 15) is 13.2 Å². The van der Waals surface area contributed by atoms with E-state index in [-0.39, 0.29) is 23.6 Å². The molecule has 1 rings (SSSR count). The molecule has 0 aliphatic rings. The van der Waals surface area contributed by atoms with Crippen molar-refractivity contribution < 1.29 is 27.4 Å². The molecule has 1 N–H and O–H groups in total. The first-order valence-electron chi connectivity index (χ1n) is 5.83. The van der Waals surface area contributed by atoms with Gasteiger partial charge < -0.3 is 14.2 Å². The molecule has 0 aromatic heterocycles. The molecule has 0 radical (unpaired) electrons. The molecule has 1 aromatic carbocycles. The first-order chi connectivity index (χ1) is 9.85. The van der Waals surface area contributed by atoms with Crippen LogP contribution in [-0.2, 0) is 19.6 Å². The zero-order valence-corrected chi connectivity index (χ0v) is 14.2. The Morgan fingerprint density at radius 3 is 2.29 bits per heavy atom. The average Bonchev–Trinajstić information content (AvgIpc) is 2.46. The molecule has 0 spiro atoms. The minimum atomic E-state index is -3.79. The fourth-order valence-corrected chi connectivity index (χ4v) is 3.57. The number of ether oxygens (including phenoxy) is 3. The van der Waals surface area contributed by atoms with Crippen molar-refractivity contribution in [3.8, 4) is 11.5 Å². The van der Waals surface area contributed by atoms with E-state index in [1.54, 1.807) is 0 Å². The molecule has 0 saturated carbocycles. The summed E-state index contributed by atoms with van der Waals surface area (Å²) >= 11 is 3.18. The van der Waals surface area contributed by atoms with Crippen LogP contribution < -0.4 is 14.2 Å². The van der Waals surface area contributed by atoms with Gasteiger partial charge in [0, 0.05) is 17.1 Å². The van der Waals surface area contributed by atoms with Crippen molar-refractivity contribution in [1.82, 2.24) is 4.72 Å². The highest BCUT2D eigenvalue weighted by atomic mass is 79.9. The van der Waals surface area contributed by atoms with Crippen molar-refractivity contribution in [2.45, 2.75) is 11.3 Å². The number of methoxy groups -OCH3 is 3. The molecule has 0 aliphatic heterocycles. The van der Waals surface area contributed by atoms with Gasteiger partial charge in [-0.15, -0.1) is 0 Å². The second-order valence-electron chi connectivity index (χ2n) is 3.86. The van der Waals surface area contributed by atoms with E-state index in [4.69, 9.17) is 9.47 Å². The largest absolute Gasteiger partial charge is 0.493 e. The van der Waals surface area contributed by atoms with Crippen LogP contribution in [0.15, 0.2) is 21.5 Å². The number of esters is 1. The van der Waals surface area contributed by atoms with Crippen molar-refractivity contribution in [2.75, 3.05) is 27.9 Å². The second kappa shape index (κ2) is 7.62. The van der Waals surface area contributed by atoms with Crippen molar-refractivity contribution in [3.63, 3.8) is 0 Å². The standard InChI is InChI=1S/C12H16BrNO6S/c1-18-9-6-8(13)11(7-10(9)19-2)21(16,17)14-5-4-12(15)20-3/h6-7,14H,4-5H2,1-3H3. The van der Waals surface area contributed by atoms with Gasteiger partial charge in [-0.1, -0.05) is 0 Å². The highest BCUT2D eigenvalue weighted by Gasteiger charge is 2.21. The second-order valence-corrected chi connectivity index (χ2v) is 6.45. The van der Waals surface area contributed by atoms with Crippen molar-refractivity contribution >= 4 is 31.9 Å². The van der Waals surface area contributed by atoms with Crippen LogP contribution in [0.1, 0.15) is 6.42 Å². The Kier molecular flexibility index (Phi) is 6.43. The van der Waals surface area contributed by atoms with Crippen LogP contribution in [-0.4, -0.2) is 42.3 Å². The molecule has 0 atom stereocenters. The zero-order chi connectivity index (χ0) is 16.0. The summed E-state index contributed by atoms with van der Waals surface area (Å²) in [6, 6.07) is 2.83. The Hall–Kier alpha value is -1.32. The van der Waals surface area contributed by atoms with Gasteiger partial charge in [-0.3, -0.25) is 4.79 Å². The predicted molar refractivity (Wildman–Crippen MR) is 79.1 cm³/mol. The number of sulfonamides is 1. The quantitative estimate of drug-likeness (QED) is 0.715. The Bertz CT molecular complexity index is 616. The van der Waals surface area contributed by atoms with Crippen molar-refractivity contribution in [3.05, 3.63) is 16.6 Å². The van der Waals surface area contributed by atoms with Gasteiger partial charge in [0.05, 0.1) is 27.8 Å². The molecule has 0 amide bonds. The molecule has 7 nitrogen and oxygen atoms in total. The number of halogens is 1. The molecule has 0 aliphatic carbocycles. The third kappa shape index (κ3) is 4.58. The predicted octanol–water partition coefficient (Wildman–Crippen LogP) is 1.31. The third-order valence-corrected chi connectivity index (χ3v) is 5.00. The maximum absolute atomic E-state index is 12.2. The van der Waals surface area contributed by atoms with Gasteiger partial charge in [0.15, 0.2) is 11.5 Å². The lowest BCUT2D eigenvalue weighted by molar-refractivity contribution is -0.140. The van der Waals surface area contributed by atoms with E-state index >= 15 is 0 Å². The molecular weight excluding hydrogens is 366 g/mol. The molecule has 9 heteroatoms. The third-order valence-electron chi connectivity index (χ3n) is 2.58. The summed E-state index contributed by atoms with van der Waals surface area (Å²) in [6.45, 7) is -0.0597. The summed E-state index contributed by atoms with van der Waals surface area (Å²) in [5.74, 6) is 0.191. The summed E-state index contributed by atoms with van der Waals surface area (Å²) in [4.78, 5) is 11.0. The van der Waals surface area contributed by atoms with Crippen molar-refractivity contribution in [2.24, 2.45) is 0 Å². The Labute approximate surface area is 131 Å². The van der Waals surface area contributed by atoms with Gasteiger partial charge in [0.2, 0.25) is 10.0 Å². The Morgan fingerprint density at radius 1 is 1.19 bits per heavy atom. The molecule has 0 heterocycles. The summed E-state index contributed by atoms with van der Waals surface area (Å²) in [6.07, 6.45) is -0.0549. The smallest absolute Gasteiger partial charge is 0.306 e. The van der Waals surface area contributed by atoms with Gasteiger partial charge in [-0.2, -0.15) is 0 Å². The minimum absolute atomic E-state index is 0.00924. The van der Waals surface area contributed by atoms with E-state index in [2.05, 4.69) is 25.4 Å². The summed E-state index contributed by atoms with van der Waals surface area (Å²) in [5, 5.41) is 0. The summed E-state index contributed by atoms with van der Waals surface area (Å²) in [5.41, 5.74) is 0. The highest BCUT2D eigenvalue weighted by Crippen LogP contribution is 2.35. The maximum Gasteiger partial charge on any atom is 0.306 e. The number of carbonyl (C=O) groups excluding carboxylic acids is 1. The number of hydrogen-bond donors (Lipinski definition) is 1. The van der Waals surface area contributed by atoms with Crippen LogP contribution >= 0.6 is 15.9 Å². The highest BCUT2D eigenvalue weighted by molar-refractivity contribution is 9.10. The number of hydrogen-bond acceptors (Lipinski definition) is 6. The Balaban J connectivity index is 3.00.